The number of ether oxygens (including phenoxy) is 2. The normalized spacial score (nSPS) is 14.2. The van der Waals surface area contributed by atoms with Crippen molar-refractivity contribution < 1.29 is 19.5 Å². The molecule has 1 atom stereocenters. The SMILES string of the molecule is CCCCCSc1nnc2c(n1)O[C@@H](c1cc(OCC)c(O)c([N+](=O)[O-])c1)Nc1ccccc1-2. The Morgan fingerprint density at radius 2 is 2.06 bits per heavy atom. The molecule has 10 nitrogen and oxygen atoms in total. The van der Waals surface area contributed by atoms with Crippen molar-refractivity contribution in [1.82, 2.24) is 15.2 Å². The van der Waals surface area contributed by atoms with Crippen LogP contribution in [0.25, 0.3) is 11.3 Å². The maximum Gasteiger partial charge on any atom is 0.315 e. The van der Waals surface area contributed by atoms with Gasteiger partial charge in [-0.25, -0.2) is 0 Å². The molecule has 4 rings (SSSR count). The van der Waals surface area contributed by atoms with Crippen LogP contribution in [0.15, 0.2) is 41.6 Å². The van der Waals surface area contributed by atoms with Crippen LogP contribution in [-0.4, -0.2) is 37.6 Å². The predicted molar refractivity (Wildman–Crippen MR) is 128 cm³/mol. The molecule has 1 aliphatic rings. The number of nitro benzene ring substituents is 1. The van der Waals surface area contributed by atoms with E-state index in [1.807, 2.05) is 24.3 Å². The minimum atomic E-state index is -0.851. The minimum Gasteiger partial charge on any atom is -0.500 e. The smallest absolute Gasteiger partial charge is 0.315 e. The molecule has 178 valence electrons. The van der Waals surface area contributed by atoms with Gasteiger partial charge in [0.15, 0.2) is 17.7 Å². The average molecular weight is 484 g/mol. The number of phenols is 1. The van der Waals surface area contributed by atoms with Gasteiger partial charge in [0.25, 0.3) is 0 Å². The Hall–Kier alpha value is -3.60. The van der Waals surface area contributed by atoms with Gasteiger partial charge < -0.3 is 19.9 Å². The third-order valence-electron chi connectivity index (χ3n) is 5.19. The molecule has 0 saturated carbocycles. The molecule has 1 aliphatic heterocycles. The van der Waals surface area contributed by atoms with E-state index in [4.69, 9.17) is 9.47 Å². The Bertz CT molecular complexity index is 1190. The summed E-state index contributed by atoms with van der Waals surface area (Å²) in [6, 6.07) is 10.2. The number of hydrogen-bond donors (Lipinski definition) is 2. The van der Waals surface area contributed by atoms with E-state index in [9.17, 15) is 15.2 Å². The molecule has 2 N–H and O–H groups in total. The first kappa shape index (κ1) is 23.6. The van der Waals surface area contributed by atoms with E-state index in [0.717, 1.165) is 30.6 Å². The molecule has 0 radical (unpaired) electrons. The van der Waals surface area contributed by atoms with E-state index < -0.39 is 22.6 Å². The van der Waals surface area contributed by atoms with Crippen molar-refractivity contribution in [3.63, 3.8) is 0 Å². The van der Waals surface area contributed by atoms with Crippen molar-refractivity contribution >= 4 is 23.1 Å². The number of fused-ring (bicyclic) bond motifs is 3. The summed E-state index contributed by atoms with van der Waals surface area (Å²) < 4.78 is 11.6. The molecule has 0 aliphatic carbocycles. The van der Waals surface area contributed by atoms with Gasteiger partial charge in [-0.15, -0.1) is 10.2 Å². The summed E-state index contributed by atoms with van der Waals surface area (Å²) in [6.45, 7) is 4.11. The molecule has 0 bridgehead atoms. The second kappa shape index (κ2) is 10.6. The van der Waals surface area contributed by atoms with E-state index in [0.29, 0.717) is 22.1 Å². The number of para-hydroxylation sites is 1. The molecule has 1 aromatic heterocycles. The van der Waals surface area contributed by atoms with Gasteiger partial charge in [0.1, 0.15) is 0 Å². The molecule has 2 heterocycles. The zero-order valence-electron chi connectivity index (χ0n) is 18.9. The number of benzene rings is 2. The second-order valence-corrected chi connectivity index (χ2v) is 8.63. The summed E-state index contributed by atoms with van der Waals surface area (Å²) in [4.78, 5) is 15.5. The van der Waals surface area contributed by atoms with Crippen LogP contribution in [0, 0.1) is 10.1 Å². The summed E-state index contributed by atoms with van der Waals surface area (Å²) in [7, 11) is 0. The van der Waals surface area contributed by atoms with Crippen molar-refractivity contribution in [2.45, 2.75) is 44.5 Å². The van der Waals surface area contributed by atoms with E-state index in [2.05, 4.69) is 27.4 Å². The number of thioether (sulfide) groups is 1. The molecular formula is C23H25N5O5S. The maximum absolute atomic E-state index is 11.6. The molecule has 0 saturated heterocycles. The van der Waals surface area contributed by atoms with Crippen molar-refractivity contribution in [2.75, 3.05) is 17.7 Å². The lowest BCUT2D eigenvalue weighted by Gasteiger charge is -2.20. The van der Waals surface area contributed by atoms with Gasteiger partial charge in [-0.1, -0.05) is 49.7 Å². The van der Waals surface area contributed by atoms with E-state index >= 15 is 0 Å². The lowest BCUT2D eigenvalue weighted by atomic mass is 10.1. The zero-order chi connectivity index (χ0) is 24.1. The van der Waals surface area contributed by atoms with Gasteiger partial charge in [0.2, 0.25) is 16.8 Å². The number of aromatic hydroxyl groups is 1. The van der Waals surface area contributed by atoms with Gasteiger partial charge >= 0.3 is 5.69 Å². The summed E-state index contributed by atoms with van der Waals surface area (Å²) in [6.07, 6.45) is 2.45. The fraction of sp³-hybridized carbons (Fsp3) is 0.348. The van der Waals surface area contributed by atoms with Crippen LogP contribution >= 0.6 is 11.8 Å². The first-order chi connectivity index (χ1) is 16.5. The number of aromatic nitrogens is 3. The molecule has 0 spiro atoms. The van der Waals surface area contributed by atoms with Crippen LogP contribution in [0.1, 0.15) is 44.9 Å². The highest BCUT2D eigenvalue weighted by Crippen LogP contribution is 2.43. The number of phenolic OH excluding ortho intramolecular Hbond substituents is 1. The molecule has 0 amide bonds. The van der Waals surface area contributed by atoms with Crippen molar-refractivity contribution in [3.8, 4) is 28.6 Å². The quantitative estimate of drug-likeness (QED) is 0.178. The first-order valence-electron chi connectivity index (χ1n) is 11.1. The summed E-state index contributed by atoms with van der Waals surface area (Å²) >= 11 is 1.51. The third-order valence-corrected chi connectivity index (χ3v) is 6.11. The predicted octanol–water partition coefficient (Wildman–Crippen LogP) is 5.34. The van der Waals surface area contributed by atoms with Crippen molar-refractivity contribution in [3.05, 3.63) is 52.1 Å². The third kappa shape index (κ3) is 4.98. The average Bonchev–Trinajstić information content (AvgIpc) is 2.99. The van der Waals surface area contributed by atoms with Crippen LogP contribution in [0.2, 0.25) is 0 Å². The van der Waals surface area contributed by atoms with E-state index in [-0.39, 0.29) is 18.2 Å². The first-order valence-corrected chi connectivity index (χ1v) is 12.0. The Morgan fingerprint density at radius 1 is 1.24 bits per heavy atom. The molecule has 34 heavy (non-hydrogen) atoms. The molecule has 2 aromatic carbocycles. The Balaban J connectivity index is 1.75. The highest BCUT2D eigenvalue weighted by Gasteiger charge is 2.29. The largest absolute Gasteiger partial charge is 0.500 e. The molecule has 3 aromatic rings. The van der Waals surface area contributed by atoms with Crippen LogP contribution in [0.4, 0.5) is 11.4 Å². The fourth-order valence-corrected chi connectivity index (χ4v) is 4.32. The Kier molecular flexibility index (Phi) is 7.31. The number of nitrogens with one attached hydrogen (secondary N) is 1. The minimum absolute atomic E-state index is 0.00263. The van der Waals surface area contributed by atoms with Crippen LogP contribution in [-0.2, 0) is 0 Å². The molecule has 11 heteroatoms. The van der Waals surface area contributed by atoms with E-state index in [1.165, 1.54) is 23.9 Å². The molecular weight excluding hydrogens is 458 g/mol. The summed E-state index contributed by atoms with van der Waals surface area (Å²) in [5.41, 5.74) is 1.85. The maximum atomic E-state index is 11.6. The van der Waals surface area contributed by atoms with Crippen molar-refractivity contribution in [2.24, 2.45) is 0 Å². The number of nitro groups is 1. The lowest BCUT2D eigenvalue weighted by molar-refractivity contribution is -0.386. The topological polar surface area (TPSA) is 133 Å². The van der Waals surface area contributed by atoms with Crippen LogP contribution < -0.4 is 14.8 Å². The summed E-state index contributed by atoms with van der Waals surface area (Å²) in [5.74, 6) is 0.612. The van der Waals surface area contributed by atoms with Crippen molar-refractivity contribution in [1.29, 1.82) is 0 Å². The fourth-order valence-electron chi connectivity index (χ4n) is 3.54. The van der Waals surface area contributed by atoms with Crippen LogP contribution in [0.5, 0.6) is 17.4 Å². The van der Waals surface area contributed by atoms with Gasteiger partial charge in [0, 0.05) is 28.6 Å². The summed E-state index contributed by atoms with van der Waals surface area (Å²) in [5, 5.41) is 34.3. The Morgan fingerprint density at radius 3 is 2.82 bits per heavy atom. The Labute approximate surface area is 200 Å². The standard InChI is InChI=1S/C23H25N5O5S/c1-3-5-8-11-34-23-25-22-19(26-27-23)15-9-6-7-10-16(15)24-21(33-22)14-12-17(28(30)31)20(29)18(13-14)32-4-2/h6-7,9-10,12-13,21,24,29H,3-5,8,11H2,1-2H3/t21-/m0/s1. The van der Waals surface area contributed by atoms with Gasteiger partial charge in [-0.05, 0) is 25.5 Å². The number of unbranched alkanes of at least 4 members (excludes halogenated alkanes) is 2. The van der Waals surface area contributed by atoms with E-state index in [1.54, 1.807) is 6.92 Å². The number of hydrogen-bond acceptors (Lipinski definition) is 10. The number of rotatable bonds is 9. The van der Waals surface area contributed by atoms with Gasteiger partial charge in [0.05, 0.1) is 11.5 Å². The lowest BCUT2D eigenvalue weighted by Crippen LogP contribution is -2.17. The number of anilines is 1. The highest BCUT2D eigenvalue weighted by molar-refractivity contribution is 7.99. The number of nitrogens with zero attached hydrogens (tertiary/aromatic N) is 4. The van der Waals surface area contributed by atoms with Gasteiger partial charge in [-0.2, -0.15) is 4.98 Å². The molecule has 0 fully saturated rings. The monoisotopic (exact) mass is 483 g/mol. The van der Waals surface area contributed by atoms with Gasteiger partial charge in [-0.3, -0.25) is 10.1 Å². The van der Waals surface area contributed by atoms with Crippen LogP contribution in [0.3, 0.4) is 0 Å². The molecule has 0 unspecified atom stereocenters. The highest BCUT2D eigenvalue weighted by atomic mass is 32.2. The zero-order valence-corrected chi connectivity index (χ0v) is 19.7. The second-order valence-electron chi connectivity index (χ2n) is 7.57.